The SMILES string of the molecule is CCCc1nccn1[C@H]1C[C@H](c2ccccc2Cl)N(c2ccc(Cl)cc2)C1=O. The number of aryl methyl sites for hydroxylation is 1. The Morgan fingerprint density at radius 1 is 1.07 bits per heavy atom. The van der Waals surface area contributed by atoms with Crippen LogP contribution in [0, 0.1) is 0 Å². The van der Waals surface area contributed by atoms with Gasteiger partial charge in [0.25, 0.3) is 5.91 Å². The molecule has 0 bridgehead atoms. The Morgan fingerprint density at radius 2 is 1.82 bits per heavy atom. The van der Waals surface area contributed by atoms with E-state index in [0.29, 0.717) is 16.5 Å². The maximum atomic E-state index is 13.5. The summed E-state index contributed by atoms with van der Waals surface area (Å²) in [6.45, 7) is 2.11. The van der Waals surface area contributed by atoms with Gasteiger partial charge < -0.3 is 9.47 Å². The topological polar surface area (TPSA) is 38.1 Å². The molecule has 2 heterocycles. The molecule has 1 aromatic heterocycles. The van der Waals surface area contributed by atoms with E-state index in [1.54, 1.807) is 18.3 Å². The molecule has 1 saturated heterocycles. The zero-order valence-corrected chi connectivity index (χ0v) is 17.1. The summed E-state index contributed by atoms with van der Waals surface area (Å²) in [6.07, 6.45) is 6.13. The molecule has 0 spiro atoms. The summed E-state index contributed by atoms with van der Waals surface area (Å²) < 4.78 is 2.02. The summed E-state index contributed by atoms with van der Waals surface area (Å²) in [5.41, 5.74) is 1.77. The number of rotatable bonds is 5. The third kappa shape index (κ3) is 3.43. The second-order valence-electron chi connectivity index (χ2n) is 6.97. The van der Waals surface area contributed by atoms with Gasteiger partial charge in [-0.2, -0.15) is 0 Å². The summed E-state index contributed by atoms with van der Waals surface area (Å²) in [5, 5.41) is 1.31. The highest BCUT2D eigenvalue weighted by molar-refractivity contribution is 6.31. The van der Waals surface area contributed by atoms with Crippen molar-refractivity contribution in [2.24, 2.45) is 0 Å². The van der Waals surface area contributed by atoms with Gasteiger partial charge >= 0.3 is 0 Å². The van der Waals surface area contributed by atoms with E-state index in [4.69, 9.17) is 23.2 Å². The highest BCUT2D eigenvalue weighted by atomic mass is 35.5. The number of aromatic nitrogens is 2. The molecular weight excluding hydrogens is 393 g/mol. The third-order valence-electron chi connectivity index (χ3n) is 5.21. The first-order chi connectivity index (χ1) is 13.6. The Labute approximate surface area is 174 Å². The van der Waals surface area contributed by atoms with Crippen LogP contribution in [-0.2, 0) is 11.2 Å². The summed E-state index contributed by atoms with van der Waals surface area (Å²) >= 11 is 12.6. The van der Waals surface area contributed by atoms with Crippen molar-refractivity contribution in [3.8, 4) is 0 Å². The van der Waals surface area contributed by atoms with Gasteiger partial charge in [-0.25, -0.2) is 4.98 Å². The fraction of sp³-hybridized carbons (Fsp3) is 0.273. The Bertz CT molecular complexity index is 983. The first kappa shape index (κ1) is 19.0. The smallest absolute Gasteiger partial charge is 0.250 e. The quantitative estimate of drug-likeness (QED) is 0.524. The van der Waals surface area contributed by atoms with Crippen molar-refractivity contribution in [2.45, 2.75) is 38.3 Å². The molecule has 3 aromatic rings. The van der Waals surface area contributed by atoms with Crippen molar-refractivity contribution in [1.29, 1.82) is 0 Å². The second kappa shape index (κ2) is 7.98. The molecule has 0 unspecified atom stereocenters. The van der Waals surface area contributed by atoms with E-state index in [1.165, 1.54) is 0 Å². The van der Waals surface area contributed by atoms with Crippen LogP contribution in [0.1, 0.15) is 43.2 Å². The van der Waals surface area contributed by atoms with Gasteiger partial charge in [-0.05, 0) is 42.3 Å². The minimum Gasteiger partial charge on any atom is -0.322 e. The molecule has 4 rings (SSSR count). The van der Waals surface area contributed by atoms with Crippen molar-refractivity contribution in [1.82, 2.24) is 9.55 Å². The molecular formula is C22H21Cl2N3O. The number of nitrogens with zero attached hydrogens (tertiary/aromatic N) is 3. The predicted octanol–water partition coefficient (Wildman–Crippen LogP) is 5.86. The molecule has 2 atom stereocenters. The van der Waals surface area contributed by atoms with Crippen molar-refractivity contribution in [3.63, 3.8) is 0 Å². The van der Waals surface area contributed by atoms with Crippen molar-refractivity contribution < 1.29 is 4.79 Å². The van der Waals surface area contributed by atoms with Crippen LogP contribution in [0.3, 0.4) is 0 Å². The monoisotopic (exact) mass is 413 g/mol. The standard InChI is InChI=1S/C22H21Cl2N3O/c1-2-5-21-25-12-13-26(21)20-14-19(17-6-3-4-7-18(17)24)27(22(20)28)16-10-8-15(23)9-11-16/h3-4,6-13,19-20H,2,5,14H2,1H3/t19-,20+/m1/s1. The van der Waals surface area contributed by atoms with Gasteiger partial charge in [0.05, 0.1) is 6.04 Å². The van der Waals surface area contributed by atoms with E-state index >= 15 is 0 Å². The average Bonchev–Trinajstić information content (AvgIpc) is 3.27. The molecule has 1 aliphatic heterocycles. The Morgan fingerprint density at radius 3 is 2.54 bits per heavy atom. The molecule has 0 saturated carbocycles. The van der Waals surface area contributed by atoms with Crippen LogP contribution in [0.25, 0.3) is 0 Å². The summed E-state index contributed by atoms with van der Waals surface area (Å²) in [7, 11) is 0. The zero-order valence-electron chi connectivity index (χ0n) is 15.6. The van der Waals surface area contributed by atoms with Crippen molar-refractivity contribution >= 4 is 34.8 Å². The Kier molecular flexibility index (Phi) is 5.42. The lowest BCUT2D eigenvalue weighted by atomic mass is 10.0. The number of anilines is 1. The minimum absolute atomic E-state index is 0.0441. The number of amides is 1. The molecule has 1 aliphatic rings. The summed E-state index contributed by atoms with van der Waals surface area (Å²) in [5.74, 6) is 0.985. The average molecular weight is 414 g/mol. The lowest BCUT2D eigenvalue weighted by Crippen LogP contribution is -2.30. The number of benzene rings is 2. The second-order valence-corrected chi connectivity index (χ2v) is 7.82. The number of carbonyl (C=O) groups excluding carboxylic acids is 1. The molecule has 0 N–H and O–H groups in total. The molecule has 1 amide bonds. The van der Waals surface area contributed by atoms with Crippen molar-refractivity contribution in [2.75, 3.05) is 4.90 Å². The first-order valence-electron chi connectivity index (χ1n) is 9.45. The molecule has 4 nitrogen and oxygen atoms in total. The summed E-state index contributed by atoms with van der Waals surface area (Å²) in [4.78, 5) is 19.8. The molecule has 6 heteroatoms. The van der Waals surface area contributed by atoms with Gasteiger partial charge in [-0.3, -0.25) is 4.79 Å². The molecule has 0 aliphatic carbocycles. The van der Waals surface area contributed by atoms with Gasteiger partial charge in [0.15, 0.2) is 0 Å². The van der Waals surface area contributed by atoms with Crippen LogP contribution in [-0.4, -0.2) is 15.5 Å². The number of hydrogen-bond acceptors (Lipinski definition) is 2. The van der Waals surface area contributed by atoms with Gasteiger partial charge in [0.1, 0.15) is 11.9 Å². The van der Waals surface area contributed by atoms with Crippen LogP contribution < -0.4 is 4.90 Å². The van der Waals surface area contributed by atoms with Crippen molar-refractivity contribution in [3.05, 3.63) is 82.4 Å². The molecule has 28 heavy (non-hydrogen) atoms. The third-order valence-corrected chi connectivity index (χ3v) is 5.80. The van der Waals surface area contributed by atoms with E-state index in [0.717, 1.165) is 29.9 Å². The van der Waals surface area contributed by atoms with E-state index in [9.17, 15) is 4.79 Å². The fourth-order valence-corrected chi connectivity index (χ4v) is 4.32. The highest BCUT2D eigenvalue weighted by Crippen LogP contribution is 2.44. The molecule has 1 fully saturated rings. The van der Waals surface area contributed by atoms with Gasteiger partial charge in [-0.15, -0.1) is 0 Å². The van der Waals surface area contributed by atoms with Crippen LogP contribution in [0.5, 0.6) is 0 Å². The van der Waals surface area contributed by atoms with E-state index in [1.807, 2.05) is 52.1 Å². The van der Waals surface area contributed by atoms with Crippen LogP contribution in [0.2, 0.25) is 10.0 Å². The lowest BCUT2D eigenvalue weighted by molar-refractivity contribution is -0.119. The van der Waals surface area contributed by atoms with Gasteiger partial charge in [-0.1, -0.05) is 48.3 Å². The predicted molar refractivity (Wildman–Crippen MR) is 113 cm³/mol. The van der Waals surface area contributed by atoms with E-state index in [2.05, 4.69) is 11.9 Å². The zero-order chi connectivity index (χ0) is 19.7. The normalized spacial score (nSPS) is 19.4. The number of hydrogen-bond donors (Lipinski definition) is 0. The van der Waals surface area contributed by atoms with Crippen LogP contribution >= 0.6 is 23.2 Å². The Hall–Kier alpha value is -2.30. The molecule has 0 radical (unpaired) electrons. The minimum atomic E-state index is -0.305. The van der Waals surface area contributed by atoms with E-state index < -0.39 is 0 Å². The number of halogens is 2. The van der Waals surface area contributed by atoms with E-state index in [-0.39, 0.29) is 18.0 Å². The fourth-order valence-electron chi connectivity index (χ4n) is 3.93. The summed E-state index contributed by atoms with van der Waals surface area (Å²) in [6, 6.07) is 14.6. The number of imidazole rings is 1. The maximum absolute atomic E-state index is 13.5. The van der Waals surface area contributed by atoms with Crippen LogP contribution in [0.4, 0.5) is 5.69 Å². The Balaban J connectivity index is 1.79. The van der Waals surface area contributed by atoms with Gasteiger partial charge in [0.2, 0.25) is 0 Å². The molecule has 2 aromatic carbocycles. The maximum Gasteiger partial charge on any atom is 0.250 e. The van der Waals surface area contributed by atoms with Gasteiger partial charge in [0, 0.05) is 41.0 Å². The highest BCUT2D eigenvalue weighted by Gasteiger charge is 2.43. The first-order valence-corrected chi connectivity index (χ1v) is 10.2. The largest absolute Gasteiger partial charge is 0.322 e. The molecule has 144 valence electrons. The number of carbonyl (C=O) groups is 1. The lowest BCUT2D eigenvalue weighted by Gasteiger charge is -2.26. The van der Waals surface area contributed by atoms with Crippen LogP contribution in [0.15, 0.2) is 60.9 Å².